The molecule has 1 fully saturated rings. The highest BCUT2D eigenvalue weighted by Crippen LogP contribution is 2.38. The molecule has 0 spiro atoms. The van der Waals surface area contributed by atoms with Crippen LogP contribution in [0.15, 0.2) is 61.2 Å². The molecule has 1 saturated heterocycles. The highest BCUT2D eigenvalue weighted by molar-refractivity contribution is 6.29. The smallest absolute Gasteiger partial charge is 0.412 e. The number of benzene rings is 1. The molecule has 0 bridgehead atoms. The number of nitrogens with zero attached hydrogens (tertiary/aromatic N) is 5. The number of hydrogen-bond acceptors (Lipinski definition) is 6. The molecule has 0 radical (unpaired) electrons. The van der Waals surface area contributed by atoms with Gasteiger partial charge < -0.3 is 9.64 Å². The Morgan fingerprint density at radius 3 is 2.64 bits per heavy atom. The number of amides is 2. The van der Waals surface area contributed by atoms with E-state index in [-0.39, 0.29) is 5.91 Å². The predicted octanol–water partition coefficient (Wildman–Crippen LogP) is 3.88. The summed E-state index contributed by atoms with van der Waals surface area (Å²) in [5.74, 6) is 0.0557. The highest BCUT2D eigenvalue weighted by Gasteiger charge is 2.42. The van der Waals surface area contributed by atoms with Crippen molar-refractivity contribution in [2.24, 2.45) is 0 Å². The van der Waals surface area contributed by atoms with Crippen LogP contribution in [-0.2, 0) is 4.74 Å². The van der Waals surface area contributed by atoms with Crippen molar-refractivity contribution in [3.8, 4) is 0 Å². The van der Waals surface area contributed by atoms with Crippen LogP contribution in [0.2, 0.25) is 5.15 Å². The Morgan fingerprint density at radius 2 is 1.85 bits per heavy atom. The lowest BCUT2D eigenvalue weighted by Gasteiger charge is -2.34. The summed E-state index contributed by atoms with van der Waals surface area (Å²) in [4.78, 5) is 40.4. The predicted molar refractivity (Wildman–Crippen MR) is 125 cm³/mol. The third kappa shape index (κ3) is 4.03. The van der Waals surface area contributed by atoms with Gasteiger partial charge in [0.1, 0.15) is 11.0 Å². The number of carbonyl (C=O) groups is 2. The fourth-order valence-electron chi connectivity index (χ4n) is 4.19. The first-order chi connectivity index (χ1) is 16.0. The van der Waals surface area contributed by atoms with Gasteiger partial charge >= 0.3 is 6.09 Å². The zero-order valence-corrected chi connectivity index (χ0v) is 18.6. The molecule has 2 amide bonds. The molecule has 33 heavy (non-hydrogen) atoms. The van der Waals surface area contributed by atoms with Crippen molar-refractivity contribution in [2.45, 2.75) is 6.23 Å². The van der Waals surface area contributed by atoms with Gasteiger partial charge in [-0.05, 0) is 30.3 Å². The molecule has 8 nitrogen and oxygen atoms in total. The molecule has 5 rings (SSSR count). The van der Waals surface area contributed by atoms with Gasteiger partial charge in [0, 0.05) is 49.2 Å². The van der Waals surface area contributed by atoms with Crippen molar-refractivity contribution >= 4 is 40.5 Å². The van der Waals surface area contributed by atoms with Crippen LogP contribution in [0.4, 0.5) is 10.6 Å². The molecule has 2 aliphatic rings. The molecule has 1 atom stereocenters. The molecule has 3 aromatic rings. The first-order valence-corrected chi connectivity index (χ1v) is 11.1. The average molecular weight is 464 g/mol. The van der Waals surface area contributed by atoms with Crippen LogP contribution in [0, 0.1) is 0 Å². The van der Waals surface area contributed by atoms with Crippen LogP contribution < -0.4 is 4.90 Å². The van der Waals surface area contributed by atoms with Gasteiger partial charge in [-0.15, -0.1) is 6.58 Å². The van der Waals surface area contributed by atoms with Gasteiger partial charge in [0.05, 0.1) is 0 Å². The Balaban J connectivity index is 1.44. The molecule has 2 aromatic heterocycles. The van der Waals surface area contributed by atoms with Crippen molar-refractivity contribution in [2.75, 3.05) is 37.6 Å². The van der Waals surface area contributed by atoms with Crippen molar-refractivity contribution in [3.05, 3.63) is 77.5 Å². The van der Waals surface area contributed by atoms with Crippen LogP contribution in [-0.4, -0.2) is 64.5 Å². The fourth-order valence-corrected chi connectivity index (χ4v) is 4.33. The number of fused-ring (bicyclic) bond motifs is 2. The molecular formula is C24H22ClN5O3. The van der Waals surface area contributed by atoms with E-state index in [1.807, 2.05) is 24.3 Å². The van der Waals surface area contributed by atoms with E-state index in [1.54, 1.807) is 35.2 Å². The number of pyridine rings is 2. The highest BCUT2D eigenvalue weighted by atomic mass is 35.5. The van der Waals surface area contributed by atoms with Crippen molar-refractivity contribution < 1.29 is 14.3 Å². The van der Waals surface area contributed by atoms with Crippen LogP contribution >= 0.6 is 11.6 Å². The maximum absolute atomic E-state index is 13.3. The van der Waals surface area contributed by atoms with E-state index in [4.69, 9.17) is 16.3 Å². The Labute approximate surface area is 196 Å². The van der Waals surface area contributed by atoms with Gasteiger partial charge in [-0.1, -0.05) is 35.9 Å². The first kappa shape index (κ1) is 21.4. The molecule has 2 aliphatic heterocycles. The summed E-state index contributed by atoms with van der Waals surface area (Å²) in [6.07, 6.45) is 0.470. The van der Waals surface area contributed by atoms with E-state index >= 15 is 0 Å². The third-order valence-corrected chi connectivity index (χ3v) is 6.10. The maximum atomic E-state index is 13.3. The summed E-state index contributed by atoms with van der Waals surface area (Å²) in [5.41, 5.74) is 1.52. The van der Waals surface area contributed by atoms with Gasteiger partial charge in [-0.3, -0.25) is 14.6 Å². The van der Waals surface area contributed by atoms with E-state index < -0.39 is 12.3 Å². The summed E-state index contributed by atoms with van der Waals surface area (Å²) >= 11 is 6.03. The average Bonchev–Trinajstić information content (AvgIpc) is 3.11. The Bertz CT molecular complexity index is 1240. The number of anilines is 1. The maximum Gasteiger partial charge on any atom is 0.412 e. The standard InChI is InChI=1S/C24H22ClN5O3/c1-2-11-28-12-14-29(15-13-28)24(32)33-23-18-6-4-3-5-17(18)22(31)30(23)20-10-8-16-7-9-19(25)26-21(16)27-20/h2-10,23H,1,11-15H2. The van der Waals surface area contributed by atoms with E-state index in [1.165, 1.54) is 4.90 Å². The van der Waals surface area contributed by atoms with Gasteiger partial charge in [0.2, 0.25) is 6.23 Å². The zero-order chi connectivity index (χ0) is 22.9. The first-order valence-electron chi connectivity index (χ1n) is 10.7. The molecule has 0 aliphatic carbocycles. The van der Waals surface area contributed by atoms with Crippen molar-refractivity contribution in [3.63, 3.8) is 0 Å². The van der Waals surface area contributed by atoms with Crippen molar-refractivity contribution in [1.82, 2.24) is 19.8 Å². The summed E-state index contributed by atoms with van der Waals surface area (Å²) in [5, 5.41) is 1.10. The number of halogens is 1. The van der Waals surface area contributed by atoms with Gasteiger partial charge in [0.25, 0.3) is 5.91 Å². The second-order valence-electron chi connectivity index (χ2n) is 7.93. The topological polar surface area (TPSA) is 78.9 Å². The molecule has 0 saturated carbocycles. The molecule has 168 valence electrons. The Hall–Kier alpha value is -3.49. The van der Waals surface area contributed by atoms with E-state index in [0.29, 0.717) is 40.8 Å². The number of ether oxygens (including phenoxy) is 1. The van der Waals surface area contributed by atoms with E-state index in [0.717, 1.165) is 25.0 Å². The minimum Gasteiger partial charge on any atom is -0.420 e. The van der Waals surface area contributed by atoms with E-state index in [2.05, 4.69) is 21.4 Å². The molecular weight excluding hydrogens is 442 g/mol. The number of aromatic nitrogens is 2. The van der Waals surface area contributed by atoms with Crippen LogP contribution in [0.1, 0.15) is 22.1 Å². The van der Waals surface area contributed by atoms with E-state index in [9.17, 15) is 9.59 Å². The van der Waals surface area contributed by atoms with Crippen LogP contribution in [0.25, 0.3) is 11.0 Å². The molecule has 1 unspecified atom stereocenters. The minimum absolute atomic E-state index is 0.284. The lowest BCUT2D eigenvalue weighted by molar-refractivity contribution is 0.0473. The third-order valence-electron chi connectivity index (χ3n) is 5.89. The normalized spacial score (nSPS) is 18.5. The summed E-state index contributed by atoms with van der Waals surface area (Å²) < 4.78 is 5.91. The molecule has 0 N–H and O–H groups in total. The minimum atomic E-state index is -0.920. The molecule has 4 heterocycles. The summed E-state index contributed by atoms with van der Waals surface area (Å²) in [6.45, 7) is 7.12. The quantitative estimate of drug-likeness (QED) is 0.431. The summed E-state index contributed by atoms with van der Waals surface area (Å²) in [6, 6.07) is 14.2. The molecule has 9 heteroatoms. The lowest BCUT2D eigenvalue weighted by atomic mass is 10.1. The second kappa shape index (κ2) is 8.80. The van der Waals surface area contributed by atoms with Gasteiger partial charge in [-0.2, -0.15) is 0 Å². The van der Waals surface area contributed by atoms with Crippen molar-refractivity contribution in [1.29, 1.82) is 0 Å². The largest absolute Gasteiger partial charge is 0.420 e. The monoisotopic (exact) mass is 463 g/mol. The number of carbonyl (C=O) groups excluding carboxylic acids is 2. The van der Waals surface area contributed by atoms with Gasteiger partial charge in [-0.25, -0.2) is 14.8 Å². The lowest BCUT2D eigenvalue weighted by Crippen LogP contribution is -2.49. The number of hydrogen-bond donors (Lipinski definition) is 0. The summed E-state index contributed by atoms with van der Waals surface area (Å²) in [7, 11) is 0. The second-order valence-corrected chi connectivity index (χ2v) is 8.31. The van der Waals surface area contributed by atoms with Crippen LogP contribution in [0.5, 0.6) is 0 Å². The van der Waals surface area contributed by atoms with Crippen LogP contribution in [0.3, 0.4) is 0 Å². The number of rotatable bonds is 4. The fraction of sp³-hybridized carbons (Fsp3) is 0.250. The SMILES string of the molecule is C=CCN1CCN(C(=O)OC2c3ccccc3C(=O)N2c2ccc3ccc(Cl)nc3n2)CC1. The Morgan fingerprint density at radius 1 is 1.09 bits per heavy atom. The number of piperazine rings is 1. The Kier molecular flexibility index (Phi) is 5.70. The van der Waals surface area contributed by atoms with Gasteiger partial charge in [0.15, 0.2) is 5.65 Å². The zero-order valence-electron chi connectivity index (χ0n) is 17.9. The molecule has 1 aromatic carbocycles.